The van der Waals surface area contributed by atoms with Crippen molar-refractivity contribution < 1.29 is 9.53 Å². The molecule has 18 heavy (non-hydrogen) atoms. The van der Waals surface area contributed by atoms with Gasteiger partial charge in [0.05, 0.1) is 12.6 Å². The zero-order chi connectivity index (χ0) is 13.7. The summed E-state index contributed by atoms with van der Waals surface area (Å²) in [5.41, 5.74) is 1.94. The molecule has 3 nitrogen and oxygen atoms in total. The number of benzene rings is 1. The van der Waals surface area contributed by atoms with Crippen LogP contribution >= 0.6 is 11.6 Å². The van der Waals surface area contributed by atoms with Crippen LogP contribution in [0.5, 0.6) is 0 Å². The number of carbonyl (C=O) groups excluding carboxylic acids is 1. The van der Waals surface area contributed by atoms with Gasteiger partial charge in [0, 0.05) is 12.8 Å². The van der Waals surface area contributed by atoms with Crippen LogP contribution in [0.4, 0.5) is 5.69 Å². The largest absolute Gasteiger partial charge is 0.383 e. The minimum Gasteiger partial charge on any atom is -0.383 e. The predicted molar refractivity (Wildman–Crippen MR) is 75.3 cm³/mol. The first kappa shape index (κ1) is 15.0. The maximum absolute atomic E-state index is 12.3. The Hall–Kier alpha value is -1.06. The van der Waals surface area contributed by atoms with E-state index in [-0.39, 0.29) is 11.9 Å². The maximum atomic E-state index is 12.3. The number of carbonyl (C=O) groups is 1. The molecule has 0 spiro atoms. The zero-order valence-corrected chi connectivity index (χ0v) is 12.1. The van der Waals surface area contributed by atoms with Gasteiger partial charge in [0.2, 0.25) is 5.91 Å². The smallest absolute Gasteiger partial charge is 0.245 e. The van der Waals surface area contributed by atoms with E-state index in [1.807, 2.05) is 38.1 Å². The van der Waals surface area contributed by atoms with Crippen molar-refractivity contribution in [1.29, 1.82) is 0 Å². The quantitative estimate of drug-likeness (QED) is 0.769. The number of rotatable bonds is 5. The normalized spacial score (nSPS) is 14.1. The summed E-state index contributed by atoms with van der Waals surface area (Å²) in [6.07, 6.45) is 0. The van der Waals surface area contributed by atoms with Gasteiger partial charge in [0.1, 0.15) is 5.38 Å². The average Bonchev–Trinajstić information content (AvgIpc) is 2.32. The molecule has 0 bridgehead atoms. The molecule has 1 amide bonds. The fourth-order valence-corrected chi connectivity index (χ4v) is 2.02. The summed E-state index contributed by atoms with van der Waals surface area (Å²) >= 11 is 5.94. The van der Waals surface area contributed by atoms with E-state index in [4.69, 9.17) is 16.3 Å². The first-order chi connectivity index (χ1) is 8.49. The lowest BCUT2D eigenvalue weighted by Crippen LogP contribution is -2.44. The highest BCUT2D eigenvalue weighted by molar-refractivity contribution is 6.32. The lowest BCUT2D eigenvalue weighted by atomic mass is 10.1. The molecule has 0 radical (unpaired) electrons. The SMILES string of the molecule is COCC(C)N(C(=O)C(C)Cl)c1ccccc1C. The number of methoxy groups -OCH3 is 1. The van der Waals surface area contributed by atoms with Gasteiger partial charge in [-0.15, -0.1) is 11.6 Å². The van der Waals surface area contributed by atoms with Gasteiger partial charge < -0.3 is 9.64 Å². The van der Waals surface area contributed by atoms with E-state index < -0.39 is 5.38 Å². The molecule has 0 N–H and O–H groups in total. The van der Waals surface area contributed by atoms with Crippen LogP contribution in [0.1, 0.15) is 19.4 Å². The lowest BCUT2D eigenvalue weighted by molar-refractivity contribution is -0.118. The lowest BCUT2D eigenvalue weighted by Gasteiger charge is -2.31. The molecule has 0 aliphatic rings. The average molecular weight is 270 g/mol. The Kier molecular flexibility index (Phi) is 5.63. The van der Waals surface area contributed by atoms with Gasteiger partial charge in [0.25, 0.3) is 0 Å². The molecule has 100 valence electrons. The summed E-state index contributed by atoms with van der Waals surface area (Å²) in [4.78, 5) is 14.0. The predicted octanol–water partition coefficient (Wildman–Crippen LogP) is 2.99. The Morgan fingerprint density at radius 1 is 1.39 bits per heavy atom. The third-order valence-corrected chi connectivity index (χ3v) is 2.99. The van der Waals surface area contributed by atoms with Gasteiger partial charge in [-0.1, -0.05) is 18.2 Å². The molecule has 4 heteroatoms. The Balaban J connectivity index is 3.12. The summed E-state index contributed by atoms with van der Waals surface area (Å²) in [5.74, 6) is -0.101. The third kappa shape index (κ3) is 3.47. The fraction of sp³-hybridized carbons (Fsp3) is 0.500. The number of para-hydroxylation sites is 1. The number of nitrogens with zero attached hydrogens (tertiary/aromatic N) is 1. The van der Waals surface area contributed by atoms with Gasteiger partial charge in [-0.05, 0) is 32.4 Å². The van der Waals surface area contributed by atoms with Crippen molar-refractivity contribution in [3.63, 3.8) is 0 Å². The first-order valence-electron chi connectivity index (χ1n) is 6.00. The second-order valence-corrected chi connectivity index (χ2v) is 5.07. The molecule has 1 aromatic carbocycles. The molecule has 0 aliphatic carbocycles. The topological polar surface area (TPSA) is 29.5 Å². The molecule has 1 rings (SSSR count). The number of hydrogen-bond donors (Lipinski definition) is 0. The molecule has 0 fully saturated rings. The Labute approximate surface area is 114 Å². The van der Waals surface area contributed by atoms with Gasteiger partial charge >= 0.3 is 0 Å². The third-order valence-electron chi connectivity index (χ3n) is 2.80. The van der Waals surface area contributed by atoms with Crippen molar-refractivity contribution in [3.05, 3.63) is 29.8 Å². The number of alkyl halides is 1. The molecule has 0 aromatic heterocycles. The standard InChI is InChI=1S/C14H20ClNO2/c1-10-7-5-6-8-13(10)16(11(2)9-18-4)14(17)12(3)15/h5-8,11-12H,9H2,1-4H3. The van der Waals surface area contributed by atoms with Gasteiger partial charge in [-0.2, -0.15) is 0 Å². The van der Waals surface area contributed by atoms with Crippen molar-refractivity contribution in [2.45, 2.75) is 32.2 Å². The highest BCUT2D eigenvalue weighted by Gasteiger charge is 2.26. The first-order valence-corrected chi connectivity index (χ1v) is 6.44. The van der Waals surface area contributed by atoms with Crippen LogP contribution in [-0.4, -0.2) is 31.0 Å². The second kappa shape index (κ2) is 6.76. The number of ether oxygens (including phenoxy) is 1. The molecule has 2 unspecified atom stereocenters. The highest BCUT2D eigenvalue weighted by atomic mass is 35.5. The Morgan fingerprint density at radius 2 is 2.00 bits per heavy atom. The summed E-state index contributed by atoms with van der Waals surface area (Å²) in [7, 11) is 1.63. The summed E-state index contributed by atoms with van der Waals surface area (Å²) in [5, 5.41) is -0.552. The molecule has 0 saturated carbocycles. The van der Waals surface area contributed by atoms with E-state index in [9.17, 15) is 4.79 Å². The van der Waals surface area contributed by atoms with Gasteiger partial charge in [-0.25, -0.2) is 0 Å². The number of amides is 1. The molecule has 0 aliphatic heterocycles. The number of aryl methyl sites for hydroxylation is 1. The van der Waals surface area contributed by atoms with Crippen LogP contribution in [0.25, 0.3) is 0 Å². The number of anilines is 1. The van der Waals surface area contributed by atoms with E-state index in [1.165, 1.54) is 0 Å². The van der Waals surface area contributed by atoms with Crippen LogP contribution < -0.4 is 4.90 Å². The van der Waals surface area contributed by atoms with Crippen molar-refractivity contribution in [3.8, 4) is 0 Å². The molecule has 1 aromatic rings. The maximum Gasteiger partial charge on any atom is 0.245 e. The summed E-state index contributed by atoms with van der Waals surface area (Å²) in [6.45, 7) is 6.10. The number of halogens is 1. The minimum absolute atomic E-state index is 0.0511. The molecular formula is C14H20ClNO2. The van der Waals surface area contributed by atoms with Crippen LogP contribution in [-0.2, 0) is 9.53 Å². The van der Waals surface area contributed by atoms with Crippen molar-refractivity contribution in [1.82, 2.24) is 0 Å². The van der Waals surface area contributed by atoms with Crippen molar-refractivity contribution in [2.24, 2.45) is 0 Å². The van der Waals surface area contributed by atoms with E-state index >= 15 is 0 Å². The highest BCUT2D eigenvalue weighted by Crippen LogP contribution is 2.23. The summed E-state index contributed by atoms with van der Waals surface area (Å²) in [6, 6.07) is 7.73. The molecular weight excluding hydrogens is 250 g/mol. The van der Waals surface area contributed by atoms with E-state index in [0.29, 0.717) is 6.61 Å². The monoisotopic (exact) mass is 269 g/mol. The number of hydrogen-bond acceptors (Lipinski definition) is 2. The van der Waals surface area contributed by atoms with E-state index in [1.54, 1.807) is 18.9 Å². The summed E-state index contributed by atoms with van der Waals surface area (Å²) < 4.78 is 5.14. The van der Waals surface area contributed by atoms with E-state index in [0.717, 1.165) is 11.3 Å². The van der Waals surface area contributed by atoms with Gasteiger partial charge in [-0.3, -0.25) is 4.79 Å². The fourth-order valence-electron chi connectivity index (χ4n) is 1.91. The van der Waals surface area contributed by atoms with Crippen LogP contribution in [0, 0.1) is 6.92 Å². The van der Waals surface area contributed by atoms with Crippen molar-refractivity contribution in [2.75, 3.05) is 18.6 Å². The van der Waals surface area contributed by atoms with Crippen LogP contribution in [0.15, 0.2) is 24.3 Å². The Morgan fingerprint density at radius 3 is 2.50 bits per heavy atom. The van der Waals surface area contributed by atoms with Crippen molar-refractivity contribution >= 4 is 23.2 Å². The molecule has 0 heterocycles. The second-order valence-electron chi connectivity index (χ2n) is 4.42. The van der Waals surface area contributed by atoms with Gasteiger partial charge in [0.15, 0.2) is 0 Å². The zero-order valence-electron chi connectivity index (χ0n) is 11.3. The van der Waals surface area contributed by atoms with Crippen LogP contribution in [0.2, 0.25) is 0 Å². The molecule has 0 saturated heterocycles. The van der Waals surface area contributed by atoms with E-state index in [2.05, 4.69) is 0 Å². The Bertz CT molecular complexity index is 407. The minimum atomic E-state index is -0.552. The van der Waals surface area contributed by atoms with Crippen LogP contribution in [0.3, 0.4) is 0 Å². The molecule has 2 atom stereocenters.